The third-order valence-corrected chi connectivity index (χ3v) is 4.24. The summed E-state index contributed by atoms with van der Waals surface area (Å²) in [6, 6.07) is 4.44. The van der Waals surface area contributed by atoms with E-state index in [1.807, 2.05) is 0 Å². The van der Waals surface area contributed by atoms with E-state index in [9.17, 15) is 27.9 Å². The van der Waals surface area contributed by atoms with E-state index in [4.69, 9.17) is 0 Å². The minimum Gasteiger partial charge on any atom is -0.478 e. The van der Waals surface area contributed by atoms with Crippen LogP contribution in [0.1, 0.15) is 46.0 Å². The molecule has 0 aliphatic carbocycles. The number of aromatic carboxylic acids is 1. The molecule has 1 aromatic rings. The molecule has 23 heavy (non-hydrogen) atoms. The maximum atomic E-state index is 12.7. The van der Waals surface area contributed by atoms with Crippen molar-refractivity contribution in [3.63, 3.8) is 0 Å². The van der Waals surface area contributed by atoms with E-state index in [1.165, 1.54) is 23.1 Å². The van der Waals surface area contributed by atoms with Crippen LogP contribution < -0.4 is 0 Å². The van der Waals surface area contributed by atoms with Gasteiger partial charge in [-0.25, -0.2) is 4.79 Å². The summed E-state index contributed by atoms with van der Waals surface area (Å²) in [6.45, 7) is 1.81. The van der Waals surface area contributed by atoms with Crippen LogP contribution in [0, 0.1) is 5.92 Å². The summed E-state index contributed by atoms with van der Waals surface area (Å²) in [5.41, 5.74) is 0.740. The average molecular weight is 329 g/mol. The van der Waals surface area contributed by atoms with Crippen molar-refractivity contribution in [2.24, 2.45) is 5.92 Å². The summed E-state index contributed by atoms with van der Waals surface area (Å²) in [6.07, 6.45) is -4.10. The van der Waals surface area contributed by atoms with Crippen molar-refractivity contribution in [3.8, 4) is 0 Å². The number of alkyl halides is 3. The van der Waals surface area contributed by atoms with E-state index in [-0.39, 0.29) is 37.1 Å². The zero-order valence-corrected chi connectivity index (χ0v) is 12.7. The lowest BCUT2D eigenvalue weighted by Crippen LogP contribution is -2.42. The Morgan fingerprint density at radius 3 is 2.26 bits per heavy atom. The van der Waals surface area contributed by atoms with Gasteiger partial charge in [0.25, 0.3) is 5.91 Å². The van der Waals surface area contributed by atoms with Crippen LogP contribution in [0.4, 0.5) is 13.2 Å². The van der Waals surface area contributed by atoms with Crippen molar-refractivity contribution in [1.82, 2.24) is 4.90 Å². The van der Waals surface area contributed by atoms with Crippen LogP contribution >= 0.6 is 0 Å². The van der Waals surface area contributed by atoms with Gasteiger partial charge in [0, 0.05) is 18.7 Å². The van der Waals surface area contributed by atoms with Crippen LogP contribution in [-0.4, -0.2) is 41.1 Å². The Balaban J connectivity index is 2.19. The van der Waals surface area contributed by atoms with Crippen LogP contribution in [0.3, 0.4) is 0 Å². The molecule has 0 spiro atoms. The molecular formula is C16H18F3NO3. The van der Waals surface area contributed by atoms with E-state index < -0.39 is 24.0 Å². The number of amides is 1. The van der Waals surface area contributed by atoms with E-state index in [0.29, 0.717) is 12.0 Å². The quantitative estimate of drug-likeness (QED) is 0.925. The topological polar surface area (TPSA) is 57.6 Å². The Hall–Kier alpha value is -2.05. The first-order valence-corrected chi connectivity index (χ1v) is 7.46. The fourth-order valence-electron chi connectivity index (χ4n) is 2.95. The summed E-state index contributed by atoms with van der Waals surface area (Å²) in [5, 5.41) is 9.19. The van der Waals surface area contributed by atoms with Gasteiger partial charge in [0.2, 0.25) is 0 Å². The molecule has 1 fully saturated rings. The number of nitrogens with zero attached hydrogens (tertiary/aromatic N) is 1. The van der Waals surface area contributed by atoms with Crippen molar-refractivity contribution in [1.29, 1.82) is 0 Å². The molecule has 7 heteroatoms. The zero-order valence-electron chi connectivity index (χ0n) is 12.7. The molecule has 1 aliphatic rings. The van der Waals surface area contributed by atoms with Gasteiger partial charge in [0.1, 0.15) is 0 Å². The molecule has 2 rings (SSSR count). The second-order valence-corrected chi connectivity index (χ2v) is 5.60. The van der Waals surface area contributed by atoms with Gasteiger partial charge < -0.3 is 10.0 Å². The number of likely N-dealkylation sites (tertiary alicyclic amines) is 1. The van der Waals surface area contributed by atoms with Crippen molar-refractivity contribution < 1.29 is 27.9 Å². The number of hydrogen-bond acceptors (Lipinski definition) is 2. The maximum absolute atomic E-state index is 12.7. The summed E-state index contributed by atoms with van der Waals surface area (Å²) in [5.74, 6) is -2.89. The monoisotopic (exact) mass is 329 g/mol. The first-order chi connectivity index (χ1) is 10.8. The molecule has 1 aromatic carbocycles. The van der Waals surface area contributed by atoms with Crippen LogP contribution in [0.5, 0.6) is 0 Å². The molecule has 1 aliphatic heterocycles. The number of carboxylic acids is 1. The Morgan fingerprint density at radius 2 is 1.78 bits per heavy atom. The summed E-state index contributed by atoms with van der Waals surface area (Å²) >= 11 is 0. The van der Waals surface area contributed by atoms with Gasteiger partial charge in [-0.15, -0.1) is 0 Å². The first-order valence-electron chi connectivity index (χ1n) is 7.46. The summed E-state index contributed by atoms with van der Waals surface area (Å²) < 4.78 is 38.1. The molecule has 0 saturated carbocycles. The minimum absolute atomic E-state index is 0.0312. The second kappa shape index (κ2) is 6.60. The second-order valence-electron chi connectivity index (χ2n) is 5.60. The molecule has 0 aromatic heterocycles. The molecule has 0 atom stereocenters. The Labute approximate surface area is 131 Å². The Kier molecular flexibility index (Phi) is 4.97. The standard InChI is InChI=1S/C16H18F3NO3/c1-2-11-12(4-3-5-13(11)15(22)23)14(21)20-8-6-10(7-9-20)16(17,18)19/h3-5,10H,2,6-9H2,1H3,(H,22,23). The number of hydrogen-bond donors (Lipinski definition) is 1. The van der Waals surface area contributed by atoms with Gasteiger partial charge in [-0.05, 0) is 37.0 Å². The van der Waals surface area contributed by atoms with Gasteiger partial charge in [-0.2, -0.15) is 13.2 Å². The van der Waals surface area contributed by atoms with Crippen LogP contribution in [0.25, 0.3) is 0 Å². The molecule has 126 valence electrons. The number of rotatable bonds is 3. The Bertz CT molecular complexity index is 605. The predicted molar refractivity (Wildman–Crippen MR) is 77.5 cm³/mol. The van der Waals surface area contributed by atoms with Crippen LogP contribution in [-0.2, 0) is 6.42 Å². The summed E-state index contributed by atoms with van der Waals surface area (Å²) in [7, 11) is 0. The van der Waals surface area contributed by atoms with Crippen LogP contribution in [0.2, 0.25) is 0 Å². The van der Waals surface area contributed by atoms with E-state index >= 15 is 0 Å². The fourth-order valence-corrected chi connectivity index (χ4v) is 2.95. The summed E-state index contributed by atoms with van der Waals surface area (Å²) in [4.78, 5) is 25.2. The maximum Gasteiger partial charge on any atom is 0.391 e. The number of carbonyl (C=O) groups excluding carboxylic acids is 1. The highest BCUT2D eigenvalue weighted by Gasteiger charge is 2.41. The lowest BCUT2D eigenvalue weighted by Gasteiger charge is -2.33. The average Bonchev–Trinajstić information content (AvgIpc) is 2.52. The highest BCUT2D eigenvalue weighted by Crippen LogP contribution is 2.34. The Morgan fingerprint density at radius 1 is 1.22 bits per heavy atom. The van der Waals surface area contributed by atoms with E-state index in [2.05, 4.69) is 0 Å². The third-order valence-electron chi connectivity index (χ3n) is 4.24. The van der Waals surface area contributed by atoms with Gasteiger partial charge in [0.05, 0.1) is 11.5 Å². The highest BCUT2D eigenvalue weighted by molar-refractivity contribution is 6.00. The molecule has 0 radical (unpaired) electrons. The smallest absolute Gasteiger partial charge is 0.391 e. The van der Waals surface area contributed by atoms with Crippen molar-refractivity contribution in [2.45, 2.75) is 32.4 Å². The lowest BCUT2D eigenvalue weighted by molar-refractivity contribution is -0.183. The SMILES string of the molecule is CCc1c(C(=O)O)cccc1C(=O)N1CCC(C(F)(F)F)CC1. The molecule has 1 saturated heterocycles. The molecule has 1 amide bonds. The number of piperidine rings is 1. The zero-order chi connectivity index (χ0) is 17.2. The van der Waals surface area contributed by atoms with Crippen molar-refractivity contribution in [2.75, 3.05) is 13.1 Å². The molecule has 0 unspecified atom stereocenters. The molecular weight excluding hydrogens is 311 g/mol. The first kappa shape index (κ1) is 17.3. The third kappa shape index (κ3) is 3.65. The lowest BCUT2D eigenvalue weighted by atomic mass is 9.94. The predicted octanol–water partition coefficient (Wildman–Crippen LogP) is 3.36. The number of carbonyl (C=O) groups is 2. The van der Waals surface area contributed by atoms with Crippen molar-refractivity contribution >= 4 is 11.9 Å². The van der Waals surface area contributed by atoms with E-state index in [0.717, 1.165) is 0 Å². The van der Waals surface area contributed by atoms with Gasteiger partial charge in [-0.3, -0.25) is 4.79 Å². The van der Waals surface area contributed by atoms with E-state index in [1.54, 1.807) is 6.92 Å². The normalized spacial score (nSPS) is 16.4. The van der Waals surface area contributed by atoms with Crippen molar-refractivity contribution in [3.05, 3.63) is 34.9 Å². The van der Waals surface area contributed by atoms with Gasteiger partial charge in [0.15, 0.2) is 0 Å². The number of carboxylic acid groups (broad SMARTS) is 1. The molecule has 4 nitrogen and oxygen atoms in total. The highest BCUT2D eigenvalue weighted by atomic mass is 19.4. The minimum atomic E-state index is -4.23. The largest absolute Gasteiger partial charge is 0.478 e. The molecule has 0 bridgehead atoms. The molecule has 1 N–H and O–H groups in total. The number of benzene rings is 1. The fraction of sp³-hybridized carbons (Fsp3) is 0.500. The van der Waals surface area contributed by atoms with Crippen LogP contribution in [0.15, 0.2) is 18.2 Å². The molecule has 1 heterocycles. The van der Waals surface area contributed by atoms with Gasteiger partial charge in [-0.1, -0.05) is 13.0 Å². The van der Waals surface area contributed by atoms with Gasteiger partial charge >= 0.3 is 12.1 Å². The number of halogens is 3.